The van der Waals surface area contributed by atoms with E-state index in [0.717, 1.165) is 25.2 Å². The first kappa shape index (κ1) is 24.5. The Hall–Kier alpha value is -3.83. The van der Waals surface area contributed by atoms with Crippen LogP contribution >= 0.6 is 0 Å². The number of fused-ring (bicyclic) bond motifs is 2. The molecule has 0 bridgehead atoms. The molecule has 0 radical (unpaired) electrons. The van der Waals surface area contributed by atoms with Gasteiger partial charge >= 0.3 is 6.01 Å². The number of nitrogens with one attached hydrogen (secondary N) is 2. The summed E-state index contributed by atoms with van der Waals surface area (Å²) in [7, 11) is 1.72. The number of halogens is 1. The fourth-order valence-electron chi connectivity index (χ4n) is 5.34. The highest BCUT2D eigenvalue weighted by Crippen LogP contribution is 2.32. The second kappa shape index (κ2) is 9.48. The van der Waals surface area contributed by atoms with E-state index >= 15 is 0 Å². The second-order valence-electron chi connectivity index (χ2n) is 10.4. The topological polar surface area (TPSA) is 117 Å². The molecule has 2 aliphatic rings. The van der Waals surface area contributed by atoms with Gasteiger partial charge < -0.3 is 25.4 Å². The minimum Gasteiger partial charge on any atom is -0.457 e. The molecule has 6 rings (SSSR count). The van der Waals surface area contributed by atoms with E-state index in [-0.39, 0.29) is 29.7 Å². The van der Waals surface area contributed by atoms with Crippen LogP contribution in [0.15, 0.2) is 36.7 Å². The molecule has 1 amide bonds. The summed E-state index contributed by atoms with van der Waals surface area (Å²) in [4.78, 5) is 24.8. The number of hydrogen-bond acceptors (Lipinski definition) is 8. The highest BCUT2D eigenvalue weighted by molar-refractivity contribution is 6.14. The van der Waals surface area contributed by atoms with Gasteiger partial charge in [-0.05, 0) is 51.0 Å². The quantitative estimate of drug-likeness (QED) is 0.369. The lowest BCUT2D eigenvalue weighted by Crippen LogP contribution is -2.54. The first-order chi connectivity index (χ1) is 18.2. The number of carbonyl (C=O) groups excluding carboxylic acids is 1. The SMILES string of the molecule is C[C@@H]1CN(c2ccc(C(=O)Nc3cc(F)c4nn(C)cc4c3)c3nc(OC4CCC4O)ncc23)C[C@H](C)N1. The number of piperazine rings is 1. The molecule has 2 unspecified atom stereocenters. The number of hydrogen-bond donors (Lipinski definition) is 3. The average molecular weight is 520 g/mol. The predicted molar refractivity (Wildman–Crippen MR) is 142 cm³/mol. The largest absolute Gasteiger partial charge is 0.457 e. The Bertz CT molecular complexity index is 1530. The number of benzene rings is 2. The van der Waals surface area contributed by atoms with Crippen molar-refractivity contribution in [2.75, 3.05) is 23.3 Å². The van der Waals surface area contributed by atoms with Gasteiger partial charge in [0.05, 0.1) is 17.2 Å². The van der Waals surface area contributed by atoms with Crippen LogP contribution in [0.1, 0.15) is 37.0 Å². The summed E-state index contributed by atoms with van der Waals surface area (Å²) >= 11 is 0. The molecule has 4 aromatic rings. The van der Waals surface area contributed by atoms with E-state index < -0.39 is 17.8 Å². The van der Waals surface area contributed by atoms with Crippen molar-refractivity contribution >= 4 is 39.1 Å². The van der Waals surface area contributed by atoms with Crippen LogP contribution in [0, 0.1) is 5.82 Å². The number of nitrogens with zero attached hydrogens (tertiary/aromatic N) is 5. The van der Waals surface area contributed by atoms with Gasteiger partial charge in [0, 0.05) is 66.8 Å². The Balaban J connectivity index is 1.39. The normalized spacial score (nSPS) is 23.4. The summed E-state index contributed by atoms with van der Waals surface area (Å²) in [5.74, 6) is -0.947. The number of carbonyl (C=O) groups is 1. The van der Waals surface area contributed by atoms with Crippen LogP contribution in [0.4, 0.5) is 15.8 Å². The molecule has 1 saturated heterocycles. The number of anilines is 2. The summed E-state index contributed by atoms with van der Waals surface area (Å²) in [6, 6.07) is 7.28. The lowest BCUT2D eigenvalue weighted by atomic mass is 9.92. The average Bonchev–Trinajstić information content (AvgIpc) is 3.25. The summed E-state index contributed by atoms with van der Waals surface area (Å²) in [6.07, 6.45) is 3.84. The number of aryl methyl sites for hydroxylation is 1. The molecule has 1 saturated carbocycles. The maximum absolute atomic E-state index is 14.6. The lowest BCUT2D eigenvalue weighted by molar-refractivity contribution is -0.0404. The maximum Gasteiger partial charge on any atom is 0.317 e. The molecule has 2 aromatic heterocycles. The lowest BCUT2D eigenvalue weighted by Gasteiger charge is -2.38. The van der Waals surface area contributed by atoms with Gasteiger partial charge in [0.2, 0.25) is 0 Å². The predicted octanol–water partition coefficient (Wildman–Crippen LogP) is 3.00. The highest BCUT2D eigenvalue weighted by Gasteiger charge is 2.32. The van der Waals surface area contributed by atoms with Crippen LogP contribution in [0.3, 0.4) is 0 Å². The molecular weight excluding hydrogens is 489 g/mol. The van der Waals surface area contributed by atoms with Gasteiger partial charge in [0.1, 0.15) is 11.6 Å². The molecule has 4 atom stereocenters. The first-order valence-corrected chi connectivity index (χ1v) is 12.8. The van der Waals surface area contributed by atoms with Gasteiger partial charge in [0.25, 0.3) is 5.91 Å². The number of aliphatic hydroxyl groups is 1. The van der Waals surface area contributed by atoms with Crippen molar-refractivity contribution in [1.82, 2.24) is 25.1 Å². The number of aromatic nitrogens is 4. The Morgan fingerprint density at radius 2 is 1.97 bits per heavy atom. The second-order valence-corrected chi connectivity index (χ2v) is 10.4. The Kier molecular flexibility index (Phi) is 6.11. The minimum absolute atomic E-state index is 0.109. The van der Waals surface area contributed by atoms with Crippen LogP contribution in [0.25, 0.3) is 21.8 Å². The van der Waals surface area contributed by atoms with Crippen molar-refractivity contribution in [2.24, 2.45) is 7.05 Å². The molecular formula is C27H30FN7O3. The van der Waals surface area contributed by atoms with Crippen molar-refractivity contribution in [3.05, 3.63) is 48.0 Å². The van der Waals surface area contributed by atoms with Gasteiger partial charge in [-0.15, -0.1) is 0 Å². The van der Waals surface area contributed by atoms with E-state index in [1.54, 1.807) is 31.6 Å². The number of aliphatic hydroxyl groups excluding tert-OH is 1. The maximum atomic E-state index is 14.6. The molecule has 3 N–H and O–H groups in total. The van der Waals surface area contributed by atoms with Crippen molar-refractivity contribution in [1.29, 1.82) is 0 Å². The molecule has 2 aromatic carbocycles. The van der Waals surface area contributed by atoms with Gasteiger partial charge in [0.15, 0.2) is 5.82 Å². The summed E-state index contributed by atoms with van der Waals surface area (Å²) in [5.41, 5.74) is 2.23. The van der Waals surface area contributed by atoms with Crippen molar-refractivity contribution in [3.63, 3.8) is 0 Å². The van der Waals surface area contributed by atoms with E-state index in [4.69, 9.17) is 4.74 Å². The van der Waals surface area contributed by atoms with Crippen LogP contribution < -0.4 is 20.3 Å². The van der Waals surface area contributed by atoms with Gasteiger partial charge in [-0.1, -0.05) is 0 Å². The van der Waals surface area contributed by atoms with E-state index in [0.29, 0.717) is 34.0 Å². The smallest absolute Gasteiger partial charge is 0.317 e. The van der Waals surface area contributed by atoms with E-state index in [9.17, 15) is 14.3 Å². The molecule has 3 heterocycles. The Morgan fingerprint density at radius 1 is 1.18 bits per heavy atom. The zero-order valence-corrected chi connectivity index (χ0v) is 21.5. The first-order valence-electron chi connectivity index (χ1n) is 12.8. The van der Waals surface area contributed by atoms with E-state index in [1.165, 1.54) is 10.7 Å². The summed E-state index contributed by atoms with van der Waals surface area (Å²) in [5, 5.41) is 21.7. The zero-order chi connectivity index (χ0) is 26.6. The number of rotatable bonds is 5. The molecule has 1 aliphatic carbocycles. The fourth-order valence-corrected chi connectivity index (χ4v) is 5.34. The van der Waals surface area contributed by atoms with Gasteiger partial charge in [-0.2, -0.15) is 10.1 Å². The Morgan fingerprint density at radius 3 is 2.68 bits per heavy atom. The molecule has 198 valence electrons. The highest BCUT2D eigenvalue weighted by atomic mass is 19.1. The standard InChI is InChI=1S/C27H30FN7O3/c1-14-11-35(12-15(2)30-14)21-5-4-18(25-19(21)10-29-27(32-25)38-23-7-6-22(23)36)26(37)31-17-8-16-13-34(3)33-24(16)20(28)9-17/h4-5,8-10,13-15,22-23,30,36H,6-7,11-12H2,1-3H3,(H,31,37)/t14-,15+,22?,23?. The molecule has 10 nitrogen and oxygen atoms in total. The Labute approximate surface area is 218 Å². The number of amides is 1. The third-order valence-electron chi connectivity index (χ3n) is 7.22. The van der Waals surface area contributed by atoms with Crippen LogP contribution in [0.2, 0.25) is 0 Å². The monoisotopic (exact) mass is 519 g/mol. The minimum atomic E-state index is -0.551. The van der Waals surface area contributed by atoms with Crippen molar-refractivity contribution in [2.45, 2.75) is 51.0 Å². The molecule has 38 heavy (non-hydrogen) atoms. The molecule has 1 aliphatic heterocycles. The van der Waals surface area contributed by atoms with E-state index in [1.807, 2.05) is 6.07 Å². The van der Waals surface area contributed by atoms with Crippen LogP contribution in [0.5, 0.6) is 6.01 Å². The number of ether oxygens (including phenoxy) is 1. The van der Waals surface area contributed by atoms with Gasteiger partial charge in [-0.25, -0.2) is 9.37 Å². The van der Waals surface area contributed by atoms with Gasteiger partial charge in [-0.3, -0.25) is 9.48 Å². The summed E-state index contributed by atoms with van der Waals surface area (Å²) < 4.78 is 22.0. The third kappa shape index (κ3) is 4.52. The van der Waals surface area contributed by atoms with Crippen molar-refractivity contribution < 1.29 is 19.0 Å². The molecule has 0 spiro atoms. The van der Waals surface area contributed by atoms with E-state index in [2.05, 4.69) is 44.4 Å². The third-order valence-corrected chi connectivity index (χ3v) is 7.22. The van der Waals surface area contributed by atoms with Crippen LogP contribution in [-0.4, -0.2) is 68.1 Å². The fraction of sp³-hybridized carbons (Fsp3) is 0.407. The van der Waals surface area contributed by atoms with Crippen molar-refractivity contribution in [3.8, 4) is 6.01 Å². The molecule has 11 heteroatoms. The summed E-state index contributed by atoms with van der Waals surface area (Å²) in [6.45, 7) is 5.86. The van der Waals surface area contributed by atoms with Crippen LogP contribution in [-0.2, 0) is 7.05 Å². The molecule has 2 fully saturated rings. The zero-order valence-electron chi connectivity index (χ0n) is 21.5.